The van der Waals surface area contributed by atoms with Crippen LogP contribution in [0.2, 0.25) is 0 Å². The molecule has 2 heterocycles. The molecule has 0 amide bonds. The zero-order valence-electron chi connectivity index (χ0n) is 12.6. The van der Waals surface area contributed by atoms with Gasteiger partial charge in [0.05, 0.1) is 12.9 Å². The summed E-state index contributed by atoms with van der Waals surface area (Å²) < 4.78 is 6.43. The molecule has 0 radical (unpaired) electrons. The standard InChI is InChI=1S/C13H20N4O5/c1-13(21)10(19)8(6-18)22-11(13)17-5-4-9(15-12(17)20)14-7-16(2)3/h4-5,7-8,10-11,18-19,21H,6H2,1-3H3/t8-,10?,11?,13?/m1/s1. The van der Waals surface area contributed by atoms with Crippen molar-refractivity contribution in [3.05, 3.63) is 22.7 Å². The van der Waals surface area contributed by atoms with Crippen molar-refractivity contribution in [2.24, 2.45) is 4.99 Å². The Labute approximate surface area is 127 Å². The van der Waals surface area contributed by atoms with Crippen LogP contribution in [-0.2, 0) is 4.74 Å². The van der Waals surface area contributed by atoms with Crippen molar-refractivity contribution in [2.75, 3.05) is 20.7 Å². The highest BCUT2D eigenvalue weighted by atomic mass is 16.6. The average molecular weight is 312 g/mol. The maximum absolute atomic E-state index is 12.1. The Hall–Kier alpha value is -1.81. The summed E-state index contributed by atoms with van der Waals surface area (Å²) in [6, 6.07) is 1.49. The van der Waals surface area contributed by atoms with Crippen LogP contribution in [0.3, 0.4) is 0 Å². The lowest BCUT2D eigenvalue weighted by Crippen LogP contribution is -2.46. The molecule has 4 atom stereocenters. The van der Waals surface area contributed by atoms with Crippen molar-refractivity contribution in [3.63, 3.8) is 0 Å². The highest BCUT2D eigenvalue weighted by molar-refractivity contribution is 5.58. The molecule has 9 nitrogen and oxygen atoms in total. The van der Waals surface area contributed by atoms with Gasteiger partial charge in [0.2, 0.25) is 0 Å². The van der Waals surface area contributed by atoms with Gasteiger partial charge in [-0.25, -0.2) is 9.79 Å². The number of nitrogens with zero attached hydrogens (tertiary/aromatic N) is 4. The van der Waals surface area contributed by atoms with E-state index in [-0.39, 0.29) is 5.82 Å². The highest BCUT2D eigenvalue weighted by Crippen LogP contribution is 2.37. The van der Waals surface area contributed by atoms with Crippen LogP contribution in [0.1, 0.15) is 13.2 Å². The van der Waals surface area contributed by atoms with Gasteiger partial charge in [-0.2, -0.15) is 4.98 Å². The van der Waals surface area contributed by atoms with Crippen molar-refractivity contribution in [1.82, 2.24) is 14.5 Å². The lowest BCUT2D eigenvalue weighted by molar-refractivity contribution is -0.0986. The molecule has 1 aliphatic heterocycles. The lowest BCUT2D eigenvalue weighted by Gasteiger charge is -2.27. The van der Waals surface area contributed by atoms with Crippen LogP contribution in [0.5, 0.6) is 0 Å². The van der Waals surface area contributed by atoms with Crippen LogP contribution in [-0.4, -0.2) is 74.6 Å². The van der Waals surface area contributed by atoms with Gasteiger partial charge in [-0.15, -0.1) is 0 Å². The summed E-state index contributed by atoms with van der Waals surface area (Å²) in [4.78, 5) is 21.6. The number of aliphatic hydroxyl groups excluding tert-OH is 2. The van der Waals surface area contributed by atoms with E-state index in [0.717, 1.165) is 4.57 Å². The number of ether oxygens (including phenoxy) is 1. The molecular formula is C13H20N4O5. The minimum atomic E-state index is -1.73. The third-order valence-corrected chi connectivity index (χ3v) is 3.42. The normalized spacial score (nSPS) is 31.8. The maximum atomic E-state index is 12.1. The molecule has 22 heavy (non-hydrogen) atoms. The van der Waals surface area contributed by atoms with Gasteiger partial charge in [0.15, 0.2) is 12.0 Å². The fourth-order valence-corrected chi connectivity index (χ4v) is 2.22. The predicted molar refractivity (Wildman–Crippen MR) is 78.0 cm³/mol. The zero-order chi connectivity index (χ0) is 16.5. The van der Waals surface area contributed by atoms with Crippen molar-refractivity contribution in [1.29, 1.82) is 0 Å². The maximum Gasteiger partial charge on any atom is 0.351 e. The fraction of sp³-hybridized carbons (Fsp3) is 0.615. The number of aromatic nitrogens is 2. The number of aliphatic hydroxyl groups is 3. The van der Waals surface area contributed by atoms with Crippen LogP contribution < -0.4 is 5.69 Å². The van der Waals surface area contributed by atoms with E-state index < -0.39 is 36.3 Å². The Balaban J connectivity index is 2.32. The van der Waals surface area contributed by atoms with E-state index in [4.69, 9.17) is 9.84 Å². The molecule has 3 unspecified atom stereocenters. The molecule has 0 aromatic carbocycles. The third-order valence-electron chi connectivity index (χ3n) is 3.42. The Morgan fingerprint density at radius 1 is 1.59 bits per heavy atom. The van der Waals surface area contributed by atoms with Crippen molar-refractivity contribution >= 4 is 12.2 Å². The molecule has 3 N–H and O–H groups in total. The molecule has 122 valence electrons. The number of rotatable bonds is 4. The van der Waals surface area contributed by atoms with E-state index in [1.54, 1.807) is 19.0 Å². The number of hydrogen-bond donors (Lipinski definition) is 3. The van der Waals surface area contributed by atoms with Crippen molar-refractivity contribution in [3.8, 4) is 0 Å². The first-order valence-corrected chi connectivity index (χ1v) is 6.74. The first-order chi connectivity index (χ1) is 10.3. The zero-order valence-corrected chi connectivity index (χ0v) is 12.6. The Bertz CT molecular complexity index is 613. The largest absolute Gasteiger partial charge is 0.394 e. The van der Waals surface area contributed by atoms with Gasteiger partial charge in [-0.3, -0.25) is 4.57 Å². The van der Waals surface area contributed by atoms with E-state index in [9.17, 15) is 15.0 Å². The van der Waals surface area contributed by atoms with Gasteiger partial charge in [0.25, 0.3) is 0 Å². The monoisotopic (exact) mass is 312 g/mol. The molecular weight excluding hydrogens is 292 g/mol. The molecule has 0 bridgehead atoms. The highest BCUT2D eigenvalue weighted by Gasteiger charge is 2.53. The van der Waals surface area contributed by atoms with E-state index in [1.807, 2.05) is 0 Å². The van der Waals surface area contributed by atoms with Crippen LogP contribution in [0, 0.1) is 0 Å². The third kappa shape index (κ3) is 3.02. The van der Waals surface area contributed by atoms with E-state index >= 15 is 0 Å². The minimum absolute atomic E-state index is 0.215. The molecule has 1 fully saturated rings. The second-order valence-electron chi connectivity index (χ2n) is 5.56. The van der Waals surface area contributed by atoms with Gasteiger partial charge in [0.1, 0.15) is 17.8 Å². The smallest absolute Gasteiger partial charge is 0.351 e. The van der Waals surface area contributed by atoms with Crippen LogP contribution in [0.4, 0.5) is 5.82 Å². The van der Waals surface area contributed by atoms with Gasteiger partial charge in [-0.05, 0) is 13.0 Å². The van der Waals surface area contributed by atoms with E-state index in [0.29, 0.717) is 0 Å². The quantitative estimate of drug-likeness (QED) is 0.455. The second-order valence-corrected chi connectivity index (χ2v) is 5.56. The van der Waals surface area contributed by atoms with Crippen LogP contribution in [0.25, 0.3) is 0 Å². The van der Waals surface area contributed by atoms with Crippen LogP contribution >= 0.6 is 0 Å². The summed E-state index contributed by atoms with van der Waals surface area (Å²) in [6.45, 7) is 0.865. The number of hydrogen-bond acceptors (Lipinski definition) is 7. The van der Waals surface area contributed by atoms with Gasteiger partial charge in [-0.1, -0.05) is 0 Å². The summed E-state index contributed by atoms with van der Waals surface area (Å²) in [5.74, 6) is 0.215. The van der Waals surface area contributed by atoms with Gasteiger partial charge >= 0.3 is 5.69 Å². The molecule has 1 aromatic rings. The number of aliphatic imine (C=N–C) groups is 1. The van der Waals surface area contributed by atoms with E-state index in [2.05, 4.69) is 9.98 Å². The molecule has 0 aliphatic carbocycles. The average Bonchev–Trinajstić information content (AvgIpc) is 2.68. The molecule has 0 saturated carbocycles. The summed E-state index contributed by atoms with van der Waals surface area (Å²) >= 11 is 0. The molecule has 1 aliphatic rings. The van der Waals surface area contributed by atoms with Crippen LogP contribution in [0.15, 0.2) is 22.1 Å². The molecule has 1 aromatic heterocycles. The van der Waals surface area contributed by atoms with Crippen molar-refractivity contribution in [2.45, 2.75) is 31.0 Å². The minimum Gasteiger partial charge on any atom is -0.394 e. The molecule has 2 rings (SSSR count). The van der Waals surface area contributed by atoms with E-state index in [1.165, 1.54) is 25.5 Å². The summed E-state index contributed by atoms with van der Waals surface area (Å²) in [5, 5.41) is 29.4. The molecule has 0 spiro atoms. The van der Waals surface area contributed by atoms with Gasteiger partial charge < -0.3 is 25.0 Å². The topological polar surface area (TPSA) is 120 Å². The van der Waals surface area contributed by atoms with Crippen molar-refractivity contribution < 1.29 is 20.1 Å². The Morgan fingerprint density at radius 2 is 2.27 bits per heavy atom. The summed E-state index contributed by atoms with van der Waals surface area (Å²) in [7, 11) is 3.56. The summed E-state index contributed by atoms with van der Waals surface area (Å²) in [5.41, 5.74) is -2.41. The fourth-order valence-electron chi connectivity index (χ4n) is 2.22. The van der Waals surface area contributed by atoms with Gasteiger partial charge in [0, 0.05) is 20.3 Å². The Kier molecular flexibility index (Phi) is 4.61. The molecule has 1 saturated heterocycles. The molecule has 9 heteroatoms. The first kappa shape index (κ1) is 16.6. The Morgan fingerprint density at radius 3 is 2.77 bits per heavy atom. The summed E-state index contributed by atoms with van der Waals surface area (Å²) in [6.07, 6.45) is -0.561. The predicted octanol–water partition coefficient (Wildman–Crippen LogP) is -1.53. The SMILES string of the molecule is CN(C)C=Nc1ccn(C2O[C@H](CO)C(O)C2(C)O)c(=O)n1. The first-order valence-electron chi connectivity index (χ1n) is 6.74. The second kappa shape index (κ2) is 6.13. The lowest BCUT2D eigenvalue weighted by atomic mass is 9.96.